The summed E-state index contributed by atoms with van der Waals surface area (Å²) in [4.78, 5) is 19.3. The van der Waals surface area contributed by atoms with Crippen LogP contribution >= 0.6 is 11.6 Å². The van der Waals surface area contributed by atoms with E-state index in [-0.39, 0.29) is 11.9 Å². The van der Waals surface area contributed by atoms with Gasteiger partial charge in [-0.1, -0.05) is 17.7 Å². The van der Waals surface area contributed by atoms with Crippen LogP contribution in [0.25, 0.3) is 22.6 Å². The number of piperidine rings is 1. The van der Waals surface area contributed by atoms with Gasteiger partial charge < -0.3 is 9.32 Å². The van der Waals surface area contributed by atoms with Crippen LogP contribution in [0.1, 0.15) is 36.5 Å². The van der Waals surface area contributed by atoms with Crippen LogP contribution in [-0.2, 0) is 0 Å². The number of benzene rings is 2. The smallest absolute Gasteiger partial charge is 0.254 e. The zero-order valence-electron chi connectivity index (χ0n) is 14.0. The Morgan fingerprint density at radius 2 is 2.12 bits per heavy atom. The van der Waals surface area contributed by atoms with Gasteiger partial charge in [0.15, 0.2) is 5.58 Å². The third kappa shape index (κ3) is 3.14. The van der Waals surface area contributed by atoms with Crippen molar-refractivity contribution in [1.82, 2.24) is 9.88 Å². The Morgan fingerprint density at radius 1 is 1.24 bits per heavy atom. The van der Waals surface area contributed by atoms with Gasteiger partial charge in [0.25, 0.3) is 5.91 Å². The molecule has 25 heavy (non-hydrogen) atoms. The van der Waals surface area contributed by atoms with Crippen molar-refractivity contribution < 1.29 is 9.21 Å². The van der Waals surface area contributed by atoms with Crippen molar-refractivity contribution in [1.29, 1.82) is 0 Å². The van der Waals surface area contributed by atoms with E-state index in [4.69, 9.17) is 16.0 Å². The Hall–Kier alpha value is -2.33. The SMILES string of the molecule is C[C@H]1CCCCN1C(=O)c1cccc(-c2nc3cc(Cl)ccc3o2)c1. The maximum atomic E-state index is 12.9. The zero-order valence-corrected chi connectivity index (χ0v) is 14.8. The first kappa shape index (κ1) is 16.2. The lowest BCUT2D eigenvalue weighted by Crippen LogP contribution is -2.42. The highest BCUT2D eigenvalue weighted by Gasteiger charge is 2.24. The summed E-state index contributed by atoms with van der Waals surface area (Å²) < 4.78 is 5.82. The standard InChI is InChI=1S/C20H19ClN2O2/c1-13-5-2-3-10-23(13)20(24)15-7-4-6-14(11-15)19-22-17-12-16(21)8-9-18(17)25-19/h4,6-9,11-13H,2-3,5,10H2,1H3/t13-/m0/s1. The molecule has 128 valence electrons. The Morgan fingerprint density at radius 3 is 2.96 bits per heavy atom. The number of nitrogens with zero attached hydrogens (tertiary/aromatic N) is 2. The predicted molar refractivity (Wildman–Crippen MR) is 98.8 cm³/mol. The van der Waals surface area contributed by atoms with E-state index in [1.54, 1.807) is 18.2 Å². The van der Waals surface area contributed by atoms with Crippen molar-refractivity contribution in [3.8, 4) is 11.5 Å². The van der Waals surface area contributed by atoms with Gasteiger partial charge in [0.2, 0.25) is 5.89 Å². The van der Waals surface area contributed by atoms with Crippen LogP contribution in [0.5, 0.6) is 0 Å². The topological polar surface area (TPSA) is 46.3 Å². The summed E-state index contributed by atoms with van der Waals surface area (Å²) in [6, 6.07) is 13.1. The highest BCUT2D eigenvalue weighted by molar-refractivity contribution is 6.31. The molecule has 3 aromatic rings. The fourth-order valence-corrected chi connectivity index (χ4v) is 3.54. The molecule has 1 fully saturated rings. The normalized spacial score (nSPS) is 17.8. The molecule has 1 saturated heterocycles. The molecule has 1 aliphatic rings. The fraction of sp³-hybridized carbons (Fsp3) is 0.300. The number of hydrogen-bond donors (Lipinski definition) is 0. The Bertz CT molecular complexity index is 934. The number of rotatable bonds is 2. The van der Waals surface area contributed by atoms with Crippen LogP contribution in [0, 0.1) is 0 Å². The number of amides is 1. The summed E-state index contributed by atoms with van der Waals surface area (Å²) in [6.45, 7) is 2.94. The van der Waals surface area contributed by atoms with Crippen molar-refractivity contribution in [2.24, 2.45) is 0 Å². The number of fused-ring (bicyclic) bond motifs is 1. The summed E-state index contributed by atoms with van der Waals surface area (Å²) in [5.74, 6) is 0.576. The van der Waals surface area contributed by atoms with Gasteiger partial charge >= 0.3 is 0 Å². The molecular weight excluding hydrogens is 336 g/mol. The molecule has 4 rings (SSSR count). The van der Waals surface area contributed by atoms with E-state index in [1.807, 2.05) is 29.2 Å². The number of carbonyl (C=O) groups excluding carboxylic acids is 1. The van der Waals surface area contributed by atoms with E-state index in [0.29, 0.717) is 27.6 Å². The van der Waals surface area contributed by atoms with Crippen LogP contribution < -0.4 is 0 Å². The number of likely N-dealkylation sites (tertiary alicyclic amines) is 1. The Labute approximate surface area is 151 Å². The fourth-order valence-electron chi connectivity index (χ4n) is 3.37. The van der Waals surface area contributed by atoms with Gasteiger partial charge in [-0.05, 0) is 62.6 Å². The van der Waals surface area contributed by atoms with E-state index in [9.17, 15) is 4.79 Å². The van der Waals surface area contributed by atoms with Crippen LogP contribution in [0.4, 0.5) is 0 Å². The van der Waals surface area contributed by atoms with Gasteiger partial charge in [-0.25, -0.2) is 4.98 Å². The number of aromatic nitrogens is 1. The van der Waals surface area contributed by atoms with Gasteiger partial charge in [-0.3, -0.25) is 4.79 Å². The van der Waals surface area contributed by atoms with E-state index < -0.39 is 0 Å². The van der Waals surface area contributed by atoms with Gasteiger partial charge in [0, 0.05) is 28.7 Å². The quantitative estimate of drug-likeness (QED) is 0.638. The molecule has 2 heterocycles. The lowest BCUT2D eigenvalue weighted by atomic mass is 10.0. The van der Waals surface area contributed by atoms with Crippen molar-refractivity contribution in [2.45, 2.75) is 32.2 Å². The lowest BCUT2D eigenvalue weighted by molar-refractivity contribution is 0.0635. The first-order valence-electron chi connectivity index (χ1n) is 8.59. The minimum absolute atomic E-state index is 0.0770. The summed E-state index contributed by atoms with van der Waals surface area (Å²) >= 11 is 6.01. The summed E-state index contributed by atoms with van der Waals surface area (Å²) in [7, 11) is 0. The average Bonchev–Trinajstić information content (AvgIpc) is 3.05. The maximum Gasteiger partial charge on any atom is 0.254 e. The van der Waals surface area contributed by atoms with Crippen molar-refractivity contribution in [2.75, 3.05) is 6.54 Å². The third-order valence-electron chi connectivity index (χ3n) is 4.77. The second-order valence-corrected chi connectivity index (χ2v) is 6.99. The molecule has 0 unspecified atom stereocenters. The van der Waals surface area contributed by atoms with Gasteiger partial charge in [-0.15, -0.1) is 0 Å². The first-order valence-corrected chi connectivity index (χ1v) is 8.97. The second-order valence-electron chi connectivity index (χ2n) is 6.56. The molecule has 0 radical (unpaired) electrons. The molecule has 2 aromatic carbocycles. The molecule has 1 aliphatic heterocycles. The minimum Gasteiger partial charge on any atom is -0.436 e. The Kier molecular flexibility index (Phi) is 4.22. The molecule has 0 aliphatic carbocycles. The highest BCUT2D eigenvalue weighted by atomic mass is 35.5. The molecular formula is C20H19ClN2O2. The minimum atomic E-state index is 0.0770. The molecule has 1 aromatic heterocycles. The largest absolute Gasteiger partial charge is 0.436 e. The van der Waals surface area contributed by atoms with E-state index in [0.717, 1.165) is 24.9 Å². The van der Waals surface area contributed by atoms with Crippen LogP contribution in [0.2, 0.25) is 5.02 Å². The van der Waals surface area contributed by atoms with Crippen molar-refractivity contribution in [3.63, 3.8) is 0 Å². The van der Waals surface area contributed by atoms with Gasteiger partial charge in [0.05, 0.1) is 0 Å². The number of halogens is 1. The molecule has 0 saturated carbocycles. The third-order valence-corrected chi connectivity index (χ3v) is 5.01. The van der Waals surface area contributed by atoms with E-state index in [1.165, 1.54) is 6.42 Å². The van der Waals surface area contributed by atoms with Crippen molar-refractivity contribution in [3.05, 3.63) is 53.1 Å². The van der Waals surface area contributed by atoms with E-state index >= 15 is 0 Å². The van der Waals surface area contributed by atoms with Gasteiger partial charge in [0.1, 0.15) is 5.52 Å². The molecule has 0 N–H and O–H groups in total. The summed E-state index contributed by atoms with van der Waals surface area (Å²) in [5.41, 5.74) is 2.86. The number of hydrogen-bond acceptors (Lipinski definition) is 3. The van der Waals surface area contributed by atoms with Crippen LogP contribution in [0.15, 0.2) is 46.9 Å². The maximum absolute atomic E-state index is 12.9. The first-order chi connectivity index (χ1) is 12.1. The molecule has 4 nitrogen and oxygen atoms in total. The summed E-state index contributed by atoms with van der Waals surface area (Å²) in [6.07, 6.45) is 3.33. The van der Waals surface area contributed by atoms with Gasteiger partial charge in [-0.2, -0.15) is 0 Å². The molecule has 0 bridgehead atoms. The second kappa shape index (κ2) is 6.52. The molecule has 1 amide bonds. The molecule has 1 atom stereocenters. The Balaban J connectivity index is 1.67. The molecule has 5 heteroatoms. The van der Waals surface area contributed by atoms with Crippen LogP contribution in [0.3, 0.4) is 0 Å². The van der Waals surface area contributed by atoms with Crippen molar-refractivity contribution >= 4 is 28.6 Å². The molecule has 0 spiro atoms. The van der Waals surface area contributed by atoms with Crippen LogP contribution in [-0.4, -0.2) is 28.4 Å². The predicted octanol–water partition coefficient (Wildman–Crippen LogP) is 5.16. The monoisotopic (exact) mass is 354 g/mol. The lowest BCUT2D eigenvalue weighted by Gasteiger charge is -2.33. The highest BCUT2D eigenvalue weighted by Crippen LogP contribution is 2.27. The average molecular weight is 355 g/mol. The number of carbonyl (C=O) groups is 1. The van der Waals surface area contributed by atoms with E-state index in [2.05, 4.69) is 11.9 Å². The summed E-state index contributed by atoms with van der Waals surface area (Å²) in [5, 5.41) is 0.621. The zero-order chi connectivity index (χ0) is 17.4. The number of oxazole rings is 1.